The Morgan fingerprint density at radius 3 is 2.41 bits per heavy atom. The van der Waals surface area contributed by atoms with Gasteiger partial charge in [-0.15, -0.1) is 0 Å². The van der Waals surface area contributed by atoms with Crippen LogP contribution in [0.2, 0.25) is 0 Å². The molecular weight excluding hydrogens is 461 g/mol. The molecule has 1 aliphatic rings. The fourth-order valence-electron chi connectivity index (χ4n) is 4.06. The van der Waals surface area contributed by atoms with Crippen molar-refractivity contribution in [3.63, 3.8) is 0 Å². The van der Waals surface area contributed by atoms with Crippen molar-refractivity contribution in [2.24, 2.45) is 11.8 Å². The average molecular weight is 494 g/mol. The molecule has 1 aromatic heterocycles. The van der Waals surface area contributed by atoms with E-state index in [-0.39, 0.29) is 34.5 Å². The molecule has 1 aliphatic heterocycles. The average Bonchev–Trinajstić information content (AvgIpc) is 2.77. The van der Waals surface area contributed by atoms with Gasteiger partial charge in [0, 0.05) is 38.1 Å². The molecule has 1 saturated heterocycles. The van der Waals surface area contributed by atoms with Crippen molar-refractivity contribution in [3.8, 4) is 17.5 Å². The molecule has 0 N–H and O–H groups in total. The summed E-state index contributed by atoms with van der Waals surface area (Å²) in [4.78, 5) is 22.8. The van der Waals surface area contributed by atoms with Crippen LogP contribution in [0.15, 0.2) is 29.4 Å². The Morgan fingerprint density at radius 2 is 1.85 bits per heavy atom. The maximum atomic E-state index is 14.4. The molecule has 0 saturated carbocycles. The molecule has 8 nitrogen and oxygen atoms in total. The molecular formula is C24H32FN3O5S. The van der Waals surface area contributed by atoms with Crippen LogP contribution in [0.1, 0.15) is 45.6 Å². The molecule has 186 valence electrons. The number of aromatic nitrogens is 2. The number of nitrogens with zero attached hydrogens (tertiary/aromatic N) is 3. The van der Waals surface area contributed by atoms with Gasteiger partial charge in [-0.3, -0.25) is 4.79 Å². The number of sulfone groups is 1. The molecule has 0 spiro atoms. The molecule has 1 fully saturated rings. The first-order valence-corrected chi connectivity index (χ1v) is 13.3. The maximum Gasteiger partial charge on any atom is 0.229 e. The maximum absolute atomic E-state index is 14.4. The molecule has 1 amide bonds. The number of carbonyl (C=O) groups is 1. The standard InChI is InChI=1S/C24H32FN3O5S/c1-6-19(15(2)3)24(29)28-11-9-17(10-12-28)32-22-16(4)23(27-14-26-22)33-21-8-7-18(13-20(21)25)34(5,30)31/h7-8,13-15,17,19H,6,9-12H2,1-5H3/t19-/m1/s1. The highest BCUT2D eigenvalue weighted by molar-refractivity contribution is 7.90. The number of amides is 1. The van der Waals surface area contributed by atoms with Gasteiger partial charge in [-0.25, -0.2) is 22.8 Å². The highest BCUT2D eigenvalue weighted by Gasteiger charge is 2.30. The first kappa shape index (κ1) is 25.9. The molecule has 0 radical (unpaired) electrons. The lowest BCUT2D eigenvalue weighted by molar-refractivity contribution is -0.139. The summed E-state index contributed by atoms with van der Waals surface area (Å²) in [5.74, 6) is 0.0284. The smallest absolute Gasteiger partial charge is 0.229 e. The Hall–Kier alpha value is -2.75. The van der Waals surface area contributed by atoms with E-state index in [0.29, 0.717) is 43.3 Å². The number of carbonyl (C=O) groups excluding carboxylic acids is 1. The van der Waals surface area contributed by atoms with Crippen LogP contribution in [0, 0.1) is 24.6 Å². The van der Waals surface area contributed by atoms with Crippen LogP contribution >= 0.6 is 0 Å². The first-order chi connectivity index (χ1) is 16.0. The Morgan fingerprint density at radius 1 is 1.21 bits per heavy atom. The Balaban J connectivity index is 1.66. The SMILES string of the molecule is CC[C@@H](C(=O)N1CCC(Oc2ncnc(Oc3ccc(S(C)(=O)=O)cc3F)c2C)CC1)C(C)C. The lowest BCUT2D eigenvalue weighted by Gasteiger charge is -2.35. The number of benzene rings is 1. The van der Waals surface area contributed by atoms with Gasteiger partial charge in [0.1, 0.15) is 12.4 Å². The van der Waals surface area contributed by atoms with Gasteiger partial charge in [-0.1, -0.05) is 20.8 Å². The van der Waals surface area contributed by atoms with Crippen LogP contribution < -0.4 is 9.47 Å². The monoisotopic (exact) mass is 493 g/mol. The third-order valence-electron chi connectivity index (χ3n) is 6.12. The van der Waals surface area contributed by atoms with Crippen molar-refractivity contribution in [2.45, 2.75) is 58.0 Å². The number of halogens is 1. The number of hydrogen-bond acceptors (Lipinski definition) is 7. The molecule has 2 heterocycles. The summed E-state index contributed by atoms with van der Waals surface area (Å²) in [6.07, 6.45) is 4.35. The molecule has 1 aromatic carbocycles. The summed E-state index contributed by atoms with van der Waals surface area (Å²) in [6, 6.07) is 3.44. The van der Waals surface area contributed by atoms with E-state index < -0.39 is 15.7 Å². The zero-order valence-corrected chi connectivity index (χ0v) is 21.1. The molecule has 10 heteroatoms. The van der Waals surface area contributed by atoms with Crippen molar-refractivity contribution in [1.82, 2.24) is 14.9 Å². The van der Waals surface area contributed by atoms with E-state index in [2.05, 4.69) is 23.8 Å². The van der Waals surface area contributed by atoms with Crippen molar-refractivity contribution >= 4 is 15.7 Å². The summed E-state index contributed by atoms with van der Waals surface area (Å²) in [5.41, 5.74) is 0.499. The summed E-state index contributed by atoms with van der Waals surface area (Å²) in [7, 11) is -3.53. The van der Waals surface area contributed by atoms with Crippen LogP contribution in [-0.2, 0) is 14.6 Å². The predicted octanol–water partition coefficient (Wildman–Crippen LogP) is 4.17. The molecule has 3 rings (SSSR count). The minimum absolute atomic E-state index is 0.0354. The van der Waals surface area contributed by atoms with E-state index in [0.717, 1.165) is 18.7 Å². The third-order valence-corrected chi connectivity index (χ3v) is 7.23. The second-order valence-corrected chi connectivity index (χ2v) is 11.0. The summed E-state index contributed by atoms with van der Waals surface area (Å²) in [6.45, 7) is 9.15. The highest BCUT2D eigenvalue weighted by Crippen LogP contribution is 2.31. The van der Waals surface area contributed by atoms with E-state index in [1.165, 1.54) is 18.5 Å². The second kappa shape index (κ2) is 10.7. The molecule has 0 unspecified atom stereocenters. The van der Waals surface area contributed by atoms with Crippen LogP contribution in [0.3, 0.4) is 0 Å². The molecule has 1 atom stereocenters. The number of hydrogen-bond donors (Lipinski definition) is 0. The summed E-state index contributed by atoms with van der Waals surface area (Å²) >= 11 is 0. The van der Waals surface area contributed by atoms with E-state index in [1.54, 1.807) is 6.92 Å². The molecule has 0 aliphatic carbocycles. The minimum atomic E-state index is -3.53. The Bertz CT molecular complexity index is 1130. The summed E-state index contributed by atoms with van der Waals surface area (Å²) < 4.78 is 49.3. The fourth-order valence-corrected chi connectivity index (χ4v) is 4.69. The number of ether oxygens (including phenoxy) is 2. The van der Waals surface area contributed by atoms with Crippen LogP contribution in [0.4, 0.5) is 4.39 Å². The fraction of sp³-hybridized carbons (Fsp3) is 0.542. The van der Waals surface area contributed by atoms with Crippen LogP contribution in [-0.4, -0.2) is 54.6 Å². The van der Waals surface area contributed by atoms with E-state index >= 15 is 0 Å². The lowest BCUT2D eigenvalue weighted by Crippen LogP contribution is -2.45. The zero-order chi connectivity index (χ0) is 25.0. The van der Waals surface area contributed by atoms with Gasteiger partial charge in [-0.2, -0.15) is 0 Å². The minimum Gasteiger partial charge on any atom is -0.474 e. The second-order valence-electron chi connectivity index (χ2n) is 8.98. The molecule has 0 bridgehead atoms. The Labute approximate surface area is 200 Å². The van der Waals surface area contributed by atoms with Gasteiger partial charge >= 0.3 is 0 Å². The number of piperidine rings is 1. The summed E-state index contributed by atoms with van der Waals surface area (Å²) in [5, 5.41) is 0. The van der Waals surface area contributed by atoms with Crippen molar-refractivity contribution in [2.75, 3.05) is 19.3 Å². The van der Waals surface area contributed by atoms with Gasteiger partial charge in [0.25, 0.3) is 0 Å². The van der Waals surface area contributed by atoms with Gasteiger partial charge in [0.15, 0.2) is 21.4 Å². The number of rotatable bonds is 8. The molecule has 34 heavy (non-hydrogen) atoms. The van der Waals surface area contributed by atoms with Crippen molar-refractivity contribution < 1.29 is 27.1 Å². The Kier molecular flexibility index (Phi) is 8.12. The van der Waals surface area contributed by atoms with Gasteiger partial charge < -0.3 is 14.4 Å². The van der Waals surface area contributed by atoms with E-state index in [9.17, 15) is 17.6 Å². The first-order valence-electron chi connectivity index (χ1n) is 11.5. The van der Waals surface area contributed by atoms with Gasteiger partial charge in [0.05, 0.1) is 10.5 Å². The quantitative estimate of drug-likeness (QED) is 0.544. The van der Waals surface area contributed by atoms with Crippen LogP contribution in [0.5, 0.6) is 17.5 Å². The van der Waals surface area contributed by atoms with Gasteiger partial charge in [0.2, 0.25) is 17.7 Å². The van der Waals surface area contributed by atoms with Crippen LogP contribution in [0.25, 0.3) is 0 Å². The number of likely N-dealkylation sites (tertiary alicyclic amines) is 1. The van der Waals surface area contributed by atoms with E-state index in [1.807, 2.05) is 11.8 Å². The van der Waals surface area contributed by atoms with E-state index in [4.69, 9.17) is 9.47 Å². The van der Waals surface area contributed by atoms with Gasteiger partial charge in [-0.05, 0) is 37.5 Å². The largest absolute Gasteiger partial charge is 0.474 e. The predicted molar refractivity (Wildman–Crippen MR) is 125 cm³/mol. The lowest BCUT2D eigenvalue weighted by atomic mass is 9.91. The highest BCUT2D eigenvalue weighted by atomic mass is 32.2. The van der Waals surface area contributed by atoms with Crippen molar-refractivity contribution in [1.29, 1.82) is 0 Å². The third kappa shape index (κ3) is 6.02. The topological polar surface area (TPSA) is 98.7 Å². The normalized spacial score (nSPS) is 15.9. The van der Waals surface area contributed by atoms with Crippen molar-refractivity contribution in [3.05, 3.63) is 35.9 Å². The molecule has 2 aromatic rings. The zero-order valence-electron chi connectivity index (χ0n) is 20.2.